The van der Waals surface area contributed by atoms with Gasteiger partial charge in [0, 0.05) is 24.0 Å². The lowest BCUT2D eigenvalue weighted by Crippen LogP contribution is -2.25. The van der Waals surface area contributed by atoms with Crippen molar-refractivity contribution < 1.29 is 13.9 Å². The lowest BCUT2D eigenvalue weighted by molar-refractivity contribution is 0.0944. The number of rotatable bonds is 7. The number of carbonyl (C=O) groups is 1. The highest BCUT2D eigenvalue weighted by Gasteiger charge is 2.07. The van der Waals surface area contributed by atoms with Crippen LogP contribution in [-0.4, -0.2) is 31.0 Å². The van der Waals surface area contributed by atoms with Crippen LogP contribution in [0.3, 0.4) is 0 Å². The Morgan fingerprint density at radius 2 is 2.22 bits per heavy atom. The summed E-state index contributed by atoms with van der Waals surface area (Å²) < 4.78 is 18.5. The third-order valence-electron chi connectivity index (χ3n) is 2.41. The number of carbonyl (C=O) groups excluding carboxylic acids is 1. The highest BCUT2D eigenvalue weighted by atomic mass is 79.9. The van der Waals surface area contributed by atoms with E-state index in [0.717, 1.165) is 11.8 Å². The molecule has 0 atom stereocenters. The molecule has 0 unspecified atom stereocenters. The third-order valence-corrected chi connectivity index (χ3v) is 2.73. The van der Waals surface area contributed by atoms with E-state index in [1.54, 1.807) is 19.1 Å². The van der Waals surface area contributed by atoms with Crippen molar-refractivity contribution in [1.29, 1.82) is 0 Å². The second kappa shape index (κ2) is 8.21. The second-order valence-electron chi connectivity index (χ2n) is 3.87. The highest BCUT2D eigenvalue weighted by molar-refractivity contribution is 9.09. The van der Waals surface area contributed by atoms with E-state index in [2.05, 4.69) is 21.2 Å². The van der Waals surface area contributed by atoms with Crippen LogP contribution in [0, 0.1) is 12.7 Å². The van der Waals surface area contributed by atoms with E-state index in [4.69, 9.17) is 4.74 Å². The Hall–Kier alpha value is -0.940. The van der Waals surface area contributed by atoms with Gasteiger partial charge in [-0.2, -0.15) is 0 Å². The molecule has 0 heterocycles. The number of ether oxygens (including phenoxy) is 1. The Morgan fingerprint density at radius 1 is 1.44 bits per heavy atom. The van der Waals surface area contributed by atoms with Gasteiger partial charge < -0.3 is 10.1 Å². The standard InChI is InChI=1S/C13H17BrFNO2/c1-10-3-4-11(9-12(10)15)13(17)16-6-2-7-18-8-5-14/h3-4,9H,2,5-8H2,1H3,(H,16,17). The number of alkyl halides is 1. The van der Waals surface area contributed by atoms with Gasteiger partial charge in [-0.05, 0) is 31.0 Å². The van der Waals surface area contributed by atoms with Crippen molar-refractivity contribution in [3.8, 4) is 0 Å². The molecule has 1 amide bonds. The molecule has 0 aliphatic heterocycles. The number of nitrogens with one attached hydrogen (secondary N) is 1. The zero-order chi connectivity index (χ0) is 13.4. The van der Waals surface area contributed by atoms with Crippen LogP contribution in [0.4, 0.5) is 4.39 Å². The summed E-state index contributed by atoms with van der Waals surface area (Å²) in [5.74, 6) is -0.613. The van der Waals surface area contributed by atoms with Gasteiger partial charge in [0.05, 0.1) is 6.61 Å². The highest BCUT2D eigenvalue weighted by Crippen LogP contribution is 2.08. The van der Waals surface area contributed by atoms with Crippen molar-refractivity contribution in [2.75, 3.05) is 25.1 Å². The van der Waals surface area contributed by atoms with E-state index < -0.39 is 0 Å². The molecule has 1 rings (SSSR count). The van der Waals surface area contributed by atoms with Gasteiger partial charge in [0.15, 0.2) is 0 Å². The molecule has 18 heavy (non-hydrogen) atoms. The topological polar surface area (TPSA) is 38.3 Å². The summed E-state index contributed by atoms with van der Waals surface area (Å²) in [5.41, 5.74) is 0.884. The van der Waals surface area contributed by atoms with Gasteiger partial charge in [-0.1, -0.05) is 22.0 Å². The number of benzene rings is 1. The van der Waals surface area contributed by atoms with Gasteiger partial charge in [0.25, 0.3) is 5.91 Å². The second-order valence-corrected chi connectivity index (χ2v) is 4.67. The molecule has 0 aliphatic carbocycles. The van der Waals surface area contributed by atoms with Crippen molar-refractivity contribution in [3.05, 3.63) is 35.1 Å². The van der Waals surface area contributed by atoms with Crippen molar-refractivity contribution in [2.24, 2.45) is 0 Å². The molecule has 1 N–H and O–H groups in total. The number of amides is 1. The summed E-state index contributed by atoms with van der Waals surface area (Å²) in [6.45, 7) is 3.46. The summed E-state index contributed by atoms with van der Waals surface area (Å²) in [5, 5.41) is 3.53. The SMILES string of the molecule is Cc1ccc(C(=O)NCCCOCCBr)cc1F. The van der Waals surface area contributed by atoms with Gasteiger partial charge in [-0.15, -0.1) is 0 Å². The first kappa shape index (κ1) is 15.1. The summed E-state index contributed by atoms with van der Waals surface area (Å²) in [6.07, 6.45) is 0.743. The Kier molecular flexibility index (Phi) is 6.90. The van der Waals surface area contributed by atoms with Crippen LogP contribution in [0.25, 0.3) is 0 Å². The molecule has 100 valence electrons. The van der Waals surface area contributed by atoms with E-state index in [0.29, 0.717) is 30.9 Å². The normalized spacial score (nSPS) is 10.4. The number of halogens is 2. The van der Waals surface area contributed by atoms with Crippen LogP contribution in [-0.2, 0) is 4.74 Å². The molecule has 0 aliphatic rings. The monoisotopic (exact) mass is 317 g/mol. The minimum atomic E-state index is -0.358. The fourth-order valence-electron chi connectivity index (χ4n) is 1.37. The molecule has 0 aromatic heterocycles. The fraction of sp³-hybridized carbons (Fsp3) is 0.462. The lowest BCUT2D eigenvalue weighted by Gasteiger charge is -2.06. The van der Waals surface area contributed by atoms with Crippen molar-refractivity contribution >= 4 is 21.8 Å². The van der Waals surface area contributed by atoms with Crippen molar-refractivity contribution in [3.63, 3.8) is 0 Å². The van der Waals surface area contributed by atoms with E-state index in [1.807, 2.05) is 0 Å². The smallest absolute Gasteiger partial charge is 0.251 e. The molecule has 0 saturated carbocycles. The van der Waals surface area contributed by atoms with Gasteiger partial charge in [-0.3, -0.25) is 4.79 Å². The molecule has 0 spiro atoms. The fourth-order valence-corrected chi connectivity index (χ4v) is 1.60. The van der Waals surface area contributed by atoms with Crippen LogP contribution in [0.5, 0.6) is 0 Å². The van der Waals surface area contributed by atoms with Gasteiger partial charge in [0.2, 0.25) is 0 Å². The molecule has 1 aromatic carbocycles. The maximum atomic E-state index is 13.3. The average Bonchev–Trinajstić information content (AvgIpc) is 2.36. The molecule has 0 bridgehead atoms. The summed E-state index contributed by atoms with van der Waals surface area (Å²) >= 11 is 3.25. The van der Waals surface area contributed by atoms with E-state index in [1.165, 1.54) is 6.07 Å². The van der Waals surface area contributed by atoms with Crippen LogP contribution in [0.15, 0.2) is 18.2 Å². The Bertz CT molecular complexity index is 399. The quantitative estimate of drug-likeness (QED) is 0.620. The third kappa shape index (κ3) is 5.14. The number of hydrogen-bond acceptors (Lipinski definition) is 2. The van der Waals surface area contributed by atoms with E-state index >= 15 is 0 Å². The summed E-state index contributed by atoms with van der Waals surface area (Å²) in [7, 11) is 0. The first-order valence-electron chi connectivity index (χ1n) is 5.83. The minimum absolute atomic E-state index is 0.255. The van der Waals surface area contributed by atoms with Gasteiger partial charge >= 0.3 is 0 Å². The molecule has 1 aromatic rings. The molecule has 0 radical (unpaired) electrons. The van der Waals surface area contributed by atoms with Crippen molar-refractivity contribution in [2.45, 2.75) is 13.3 Å². The minimum Gasteiger partial charge on any atom is -0.381 e. The zero-order valence-corrected chi connectivity index (χ0v) is 11.9. The zero-order valence-electron chi connectivity index (χ0n) is 10.3. The Balaban J connectivity index is 2.30. The van der Waals surface area contributed by atoms with E-state index in [9.17, 15) is 9.18 Å². The van der Waals surface area contributed by atoms with Gasteiger partial charge in [-0.25, -0.2) is 4.39 Å². The number of hydrogen-bond donors (Lipinski definition) is 1. The van der Waals surface area contributed by atoms with Crippen molar-refractivity contribution in [1.82, 2.24) is 5.32 Å². The van der Waals surface area contributed by atoms with Crippen LogP contribution < -0.4 is 5.32 Å². The maximum absolute atomic E-state index is 13.3. The first-order valence-corrected chi connectivity index (χ1v) is 6.95. The predicted octanol–water partition coefficient (Wildman–Crippen LogP) is 2.67. The average molecular weight is 318 g/mol. The van der Waals surface area contributed by atoms with Crippen LogP contribution >= 0.6 is 15.9 Å². The van der Waals surface area contributed by atoms with E-state index in [-0.39, 0.29) is 11.7 Å². The predicted molar refractivity (Wildman–Crippen MR) is 72.7 cm³/mol. The summed E-state index contributed by atoms with van der Waals surface area (Å²) in [6, 6.07) is 4.48. The molecule has 0 saturated heterocycles. The molecule has 0 fully saturated rings. The largest absolute Gasteiger partial charge is 0.381 e. The summed E-state index contributed by atoms with van der Waals surface area (Å²) in [4.78, 5) is 11.7. The molecule has 3 nitrogen and oxygen atoms in total. The van der Waals surface area contributed by atoms with Gasteiger partial charge in [0.1, 0.15) is 5.82 Å². The lowest BCUT2D eigenvalue weighted by atomic mass is 10.1. The molecule has 5 heteroatoms. The molecular weight excluding hydrogens is 301 g/mol. The molecular formula is C13H17BrFNO2. The maximum Gasteiger partial charge on any atom is 0.251 e. The van der Waals surface area contributed by atoms with Crippen LogP contribution in [0.1, 0.15) is 22.3 Å². The Morgan fingerprint density at radius 3 is 2.89 bits per heavy atom. The number of aryl methyl sites for hydroxylation is 1. The van der Waals surface area contributed by atoms with Crippen LogP contribution in [0.2, 0.25) is 0 Å². The first-order chi connectivity index (χ1) is 8.65. The Labute approximate surface area is 115 Å².